The number of hydrogen-bond donors (Lipinski definition) is 2. The fourth-order valence-corrected chi connectivity index (χ4v) is 6.03. The Morgan fingerprint density at radius 3 is 2.41 bits per heavy atom. The quantitative estimate of drug-likeness (QED) is 0.212. The van der Waals surface area contributed by atoms with Crippen molar-refractivity contribution in [1.82, 2.24) is 24.5 Å². The van der Waals surface area contributed by atoms with Crippen molar-refractivity contribution in [3.05, 3.63) is 103 Å². The second-order valence-corrected chi connectivity index (χ2v) is 11.2. The average Bonchev–Trinajstić information content (AvgIpc) is 3.51. The summed E-state index contributed by atoms with van der Waals surface area (Å²) >= 11 is 23.3. The van der Waals surface area contributed by atoms with Crippen molar-refractivity contribution in [3.63, 3.8) is 0 Å². The molecular weight excluding hydrogens is 653 g/mol. The summed E-state index contributed by atoms with van der Waals surface area (Å²) in [6.07, 6.45) is 3.14. The summed E-state index contributed by atoms with van der Waals surface area (Å²) in [6, 6.07) is 15.7. The molecule has 6 rings (SSSR count). The molecule has 3 heterocycles. The molecule has 2 amide bonds. The van der Waals surface area contributed by atoms with Gasteiger partial charge in [0.25, 0.3) is 5.91 Å². The molecule has 0 bridgehead atoms. The van der Waals surface area contributed by atoms with Crippen molar-refractivity contribution < 1.29 is 9.59 Å². The molecule has 4 N–H and O–H groups in total. The van der Waals surface area contributed by atoms with Crippen molar-refractivity contribution in [2.24, 2.45) is 11.5 Å². The first-order valence-electron chi connectivity index (χ1n) is 12.0. The molecule has 0 aliphatic carbocycles. The molecule has 0 spiro atoms. The van der Waals surface area contributed by atoms with Gasteiger partial charge in [0.05, 0.1) is 39.0 Å². The summed E-state index contributed by atoms with van der Waals surface area (Å²) in [5.41, 5.74) is 13.3. The van der Waals surface area contributed by atoms with E-state index in [1.165, 1.54) is 10.9 Å². The van der Waals surface area contributed by atoms with Crippen molar-refractivity contribution in [1.29, 1.82) is 0 Å². The van der Waals surface area contributed by atoms with Gasteiger partial charge in [-0.15, -0.1) is 0 Å². The van der Waals surface area contributed by atoms with Gasteiger partial charge in [-0.1, -0.05) is 62.9 Å². The fourth-order valence-electron chi connectivity index (χ4n) is 4.86. The van der Waals surface area contributed by atoms with Gasteiger partial charge in [0.1, 0.15) is 5.69 Å². The van der Waals surface area contributed by atoms with Crippen molar-refractivity contribution in [3.8, 4) is 16.9 Å². The minimum atomic E-state index is -0.851. The monoisotopic (exact) mass is 667 g/mol. The molecule has 0 aliphatic heterocycles. The highest BCUT2D eigenvalue weighted by atomic mass is 79.9. The number of halogens is 4. The number of fused-ring (bicyclic) bond motifs is 2. The lowest BCUT2D eigenvalue weighted by atomic mass is 9.93. The van der Waals surface area contributed by atoms with Gasteiger partial charge in [0.2, 0.25) is 5.91 Å². The average molecular weight is 670 g/mol. The molecule has 0 aliphatic rings. The number of carbonyl (C=O) groups excluding carboxylic acids is 2. The van der Waals surface area contributed by atoms with Crippen molar-refractivity contribution in [2.75, 3.05) is 0 Å². The minimum absolute atomic E-state index is 0.0455. The van der Waals surface area contributed by atoms with E-state index in [0.29, 0.717) is 21.5 Å². The molecule has 0 atom stereocenters. The lowest BCUT2D eigenvalue weighted by Crippen LogP contribution is -2.19. The highest BCUT2D eigenvalue weighted by Crippen LogP contribution is 2.42. The van der Waals surface area contributed by atoms with E-state index in [4.69, 9.17) is 51.4 Å². The van der Waals surface area contributed by atoms with Gasteiger partial charge in [-0.05, 0) is 47.9 Å². The van der Waals surface area contributed by atoms with Gasteiger partial charge < -0.3 is 11.5 Å². The Morgan fingerprint density at radius 1 is 0.902 bits per heavy atom. The number of carbonyl (C=O) groups is 2. The minimum Gasteiger partial charge on any atom is -0.366 e. The SMILES string of the molecule is NC(=O)c1cc2cc(Br)ccc2c(Cl)c1-c1c(Cn2ncc3c(Cl)cccc32)nn(-c2ncccc2Cl)c1C(N)=O. The highest BCUT2D eigenvalue weighted by molar-refractivity contribution is 9.10. The summed E-state index contributed by atoms with van der Waals surface area (Å²) in [5.74, 6) is -1.45. The van der Waals surface area contributed by atoms with E-state index in [1.54, 1.807) is 47.3 Å². The first-order valence-corrected chi connectivity index (χ1v) is 13.9. The molecule has 9 nitrogen and oxygen atoms in total. The van der Waals surface area contributed by atoms with Crippen LogP contribution in [0.2, 0.25) is 15.1 Å². The maximum atomic E-state index is 13.2. The number of nitrogens with two attached hydrogens (primary N) is 2. The van der Waals surface area contributed by atoms with Crippen molar-refractivity contribution in [2.45, 2.75) is 6.54 Å². The molecule has 0 fully saturated rings. The van der Waals surface area contributed by atoms with Crippen LogP contribution in [-0.4, -0.2) is 36.4 Å². The van der Waals surface area contributed by atoms with E-state index in [1.807, 2.05) is 18.2 Å². The van der Waals surface area contributed by atoms with Gasteiger partial charge in [-0.2, -0.15) is 10.2 Å². The largest absolute Gasteiger partial charge is 0.366 e. The summed E-state index contributed by atoms with van der Waals surface area (Å²) < 4.78 is 3.70. The summed E-state index contributed by atoms with van der Waals surface area (Å²) in [7, 11) is 0. The highest BCUT2D eigenvalue weighted by Gasteiger charge is 2.31. The van der Waals surface area contributed by atoms with E-state index >= 15 is 0 Å². The Labute approximate surface area is 255 Å². The molecule has 13 heteroatoms. The Hall–Kier alpha value is -3.96. The number of benzene rings is 3. The number of amides is 2. The second kappa shape index (κ2) is 10.5. The molecule has 3 aromatic heterocycles. The number of primary amides is 2. The van der Waals surface area contributed by atoms with Crippen LogP contribution in [0.1, 0.15) is 26.5 Å². The number of pyridine rings is 1. The summed E-state index contributed by atoms with van der Waals surface area (Å²) in [5, 5.41) is 12.2. The van der Waals surface area contributed by atoms with Crippen LogP contribution in [0.25, 0.3) is 38.6 Å². The summed E-state index contributed by atoms with van der Waals surface area (Å²) in [4.78, 5) is 30.4. The van der Waals surface area contributed by atoms with Crippen LogP contribution in [0.4, 0.5) is 0 Å². The topological polar surface area (TPSA) is 135 Å². The van der Waals surface area contributed by atoms with Crippen LogP contribution in [0, 0.1) is 0 Å². The smallest absolute Gasteiger partial charge is 0.268 e. The maximum absolute atomic E-state index is 13.2. The molecule has 204 valence electrons. The third-order valence-corrected chi connectivity index (χ3v) is 8.13. The van der Waals surface area contributed by atoms with Gasteiger partial charge in [-0.25, -0.2) is 9.67 Å². The van der Waals surface area contributed by atoms with Crippen LogP contribution >= 0.6 is 50.7 Å². The van der Waals surface area contributed by atoms with Crippen LogP contribution < -0.4 is 11.5 Å². The molecule has 0 saturated heterocycles. The van der Waals surface area contributed by atoms with Crippen LogP contribution in [0.15, 0.2) is 71.5 Å². The van der Waals surface area contributed by atoms with Crippen LogP contribution in [0.3, 0.4) is 0 Å². The third-order valence-electron chi connectivity index (χ3n) is 6.62. The summed E-state index contributed by atoms with van der Waals surface area (Å²) in [6.45, 7) is 0.0455. The number of rotatable bonds is 6. The molecule has 0 radical (unpaired) electrons. The zero-order chi connectivity index (χ0) is 29.0. The first kappa shape index (κ1) is 27.2. The van der Waals surface area contributed by atoms with E-state index in [-0.39, 0.29) is 44.8 Å². The first-order chi connectivity index (χ1) is 19.7. The lowest BCUT2D eigenvalue weighted by molar-refractivity contribution is 0.0986. The third kappa shape index (κ3) is 4.62. The maximum Gasteiger partial charge on any atom is 0.268 e. The molecule has 6 aromatic rings. The van der Waals surface area contributed by atoms with Gasteiger partial charge in [0.15, 0.2) is 5.82 Å². The van der Waals surface area contributed by atoms with E-state index < -0.39 is 11.8 Å². The van der Waals surface area contributed by atoms with Crippen molar-refractivity contribution >= 4 is 84.2 Å². The Balaban J connectivity index is 1.72. The predicted octanol–water partition coefficient (Wildman–Crippen LogP) is 6.41. The Bertz CT molecular complexity index is 2050. The Morgan fingerprint density at radius 2 is 1.68 bits per heavy atom. The van der Waals surface area contributed by atoms with E-state index in [0.717, 1.165) is 15.4 Å². The number of nitrogens with zero attached hydrogens (tertiary/aromatic N) is 5. The molecule has 41 heavy (non-hydrogen) atoms. The normalized spacial score (nSPS) is 11.4. The van der Waals surface area contributed by atoms with E-state index in [2.05, 4.69) is 26.0 Å². The second-order valence-electron chi connectivity index (χ2n) is 9.07. The van der Waals surface area contributed by atoms with Crippen LogP contribution in [0.5, 0.6) is 0 Å². The molecular formula is C28H17BrCl3N7O2. The van der Waals surface area contributed by atoms with Gasteiger partial charge in [0, 0.05) is 38.1 Å². The fraction of sp³-hybridized carbons (Fsp3) is 0.0357. The van der Waals surface area contributed by atoms with E-state index in [9.17, 15) is 9.59 Å². The van der Waals surface area contributed by atoms with Gasteiger partial charge >= 0.3 is 0 Å². The Kier molecular flexibility index (Phi) is 6.95. The standard InChI is InChI=1S/C28H17BrCl3N7O2/c29-14-6-7-15-13(9-14)10-16(26(33)40)22(24(15)32)23-20(12-38-21-5-1-3-18(30)17(21)11-36-38)37-39(25(23)27(34)41)28-19(31)4-2-8-35-28/h1-11H,12H2,(H2,33,40)(H2,34,41). The van der Waals surface area contributed by atoms with Gasteiger partial charge in [-0.3, -0.25) is 14.3 Å². The predicted molar refractivity (Wildman–Crippen MR) is 163 cm³/mol. The molecule has 0 unspecified atom stereocenters. The molecule has 3 aromatic carbocycles. The zero-order valence-corrected chi connectivity index (χ0v) is 24.6. The van der Waals surface area contributed by atoms with Crippen LogP contribution in [-0.2, 0) is 6.54 Å². The number of hydrogen-bond acceptors (Lipinski definition) is 5. The zero-order valence-electron chi connectivity index (χ0n) is 20.8. The number of aromatic nitrogens is 5. The lowest BCUT2D eigenvalue weighted by Gasteiger charge is -2.15. The molecule has 0 saturated carbocycles.